The topological polar surface area (TPSA) is 16.4 Å². The van der Waals surface area contributed by atoms with Gasteiger partial charge in [-0.15, -0.1) is 11.9 Å². The molecule has 0 bridgehead atoms. The van der Waals surface area contributed by atoms with Gasteiger partial charge in [0.25, 0.3) is 0 Å². The maximum atomic E-state index is 7.08. The van der Waals surface area contributed by atoms with Crippen LogP contribution < -0.4 is 48.6 Å². The minimum Gasteiger partial charge on any atom is -0.456 e. The molecular formula is C53H26B11NO. The van der Waals surface area contributed by atoms with Crippen LogP contribution in [-0.2, 0) is 0 Å². The van der Waals surface area contributed by atoms with E-state index in [1.165, 1.54) is 0 Å². The van der Waals surface area contributed by atoms with Gasteiger partial charge in [-0.2, -0.15) is 0 Å². The highest BCUT2D eigenvalue weighted by Gasteiger charge is 2.26. The van der Waals surface area contributed by atoms with Crippen molar-refractivity contribution in [3.8, 4) is 45.7 Å². The van der Waals surface area contributed by atoms with Crippen LogP contribution in [0.2, 0.25) is 0 Å². The van der Waals surface area contributed by atoms with E-state index in [0.29, 0.717) is 39.0 Å². The van der Waals surface area contributed by atoms with Gasteiger partial charge in [0.2, 0.25) is 0 Å². The van der Waals surface area contributed by atoms with Gasteiger partial charge in [-0.1, -0.05) is 170 Å². The van der Waals surface area contributed by atoms with Gasteiger partial charge >= 0.3 is 0 Å². The van der Waals surface area contributed by atoms with E-state index in [9.17, 15) is 0 Å². The molecular weight excluding hydrogens is 786 g/mol. The van der Waals surface area contributed by atoms with Crippen molar-refractivity contribution in [2.24, 2.45) is 0 Å². The molecule has 2 nitrogen and oxygen atoms in total. The van der Waals surface area contributed by atoms with Crippen molar-refractivity contribution in [1.29, 1.82) is 0 Å². The van der Waals surface area contributed by atoms with Crippen molar-refractivity contribution in [2.75, 3.05) is 11.4 Å². The summed E-state index contributed by atoms with van der Waals surface area (Å²) in [5.74, 6) is 2.55. The molecule has 66 heavy (non-hydrogen) atoms. The number of nitrogens with zero attached hydrogens (tertiary/aromatic N) is 1. The number of allylic oxidation sites excluding steroid dienone is 3. The Labute approximate surface area is 400 Å². The third kappa shape index (κ3) is 7.65. The fraction of sp³-hybridized carbons (Fsp3) is 0.0189. The Hall–Kier alpha value is -6.63. The standard InChI is InChI=1S/C53H26B11NO/c1-2-36(54)40(30-17-10-16-29(24-30)33-20-11-15-27-12-6-7-18-32(27)33)43(56)37(55)26-65(52-48(61)44(57)41(45(58)49(52)62)28-13-4-3-5-14-28)53-50(63)46(59)42(47(60)51(53)64)31-22-23-35-34-19-8-9-21-38(34)66-39(35)25-31/h1,3-25H,26H2/b40-36+,43-37-. The molecule has 13 heteroatoms. The molecule has 1 aromatic heterocycles. The van der Waals surface area contributed by atoms with Crippen molar-refractivity contribution in [2.45, 2.75) is 0 Å². The molecule has 0 fully saturated rings. The molecule has 0 saturated carbocycles. The largest absolute Gasteiger partial charge is 0.456 e. The van der Waals surface area contributed by atoms with Gasteiger partial charge in [-0.3, -0.25) is 0 Å². The Morgan fingerprint density at radius 3 is 1.67 bits per heavy atom. The second kappa shape index (κ2) is 18.0. The molecule has 0 N–H and O–H groups in total. The molecule has 9 aromatic rings. The van der Waals surface area contributed by atoms with E-state index in [1.54, 1.807) is 4.90 Å². The van der Waals surface area contributed by atoms with Gasteiger partial charge in [0, 0.05) is 28.7 Å². The van der Waals surface area contributed by atoms with E-state index >= 15 is 0 Å². The van der Waals surface area contributed by atoms with Crippen LogP contribution in [0.1, 0.15) is 5.56 Å². The molecule has 1 heterocycles. The first-order chi connectivity index (χ1) is 31.8. The molecule has 0 amide bonds. The van der Waals surface area contributed by atoms with Crippen molar-refractivity contribution >= 4 is 180 Å². The number of rotatable bonds is 9. The Balaban J connectivity index is 1.23. The summed E-state index contributed by atoms with van der Waals surface area (Å²) in [5.41, 5.74) is 7.33. The lowest BCUT2D eigenvalue weighted by Gasteiger charge is -2.38. The zero-order valence-electron chi connectivity index (χ0n) is 35.8. The normalized spacial score (nSPS) is 12.2. The van der Waals surface area contributed by atoms with Gasteiger partial charge in [0.15, 0.2) is 0 Å². The first kappa shape index (κ1) is 44.6. The average molecular weight is 812 g/mol. The van der Waals surface area contributed by atoms with Crippen LogP contribution in [0.5, 0.6) is 0 Å². The Morgan fingerprint density at radius 2 is 1.02 bits per heavy atom. The zero-order valence-corrected chi connectivity index (χ0v) is 35.8. The van der Waals surface area contributed by atoms with Gasteiger partial charge in [-0.05, 0) is 85.0 Å². The van der Waals surface area contributed by atoms with Crippen molar-refractivity contribution < 1.29 is 4.42 Å². The fourth-order valence-electron chi connectivity index (χ4n) is 8.85. The lowest BCUT2D eigenvalue weighted by molar-refractivity contribution is 0.669. The molecule has 0 atom stereocenters. The summed E-state index contributed by atoms with van der Waals surface area (Å²) in [5, 5.41) is 4.02. The van der Waals surface area contributed by atoms with Crippen molar-refractivity contribution in [1.82, 2.24) is 0 Å². The molecule has 0 unspecified atom stereocenters. The summed E-state index contributed by atoms with van der Waals surface area (Å²) in [6.45, 7) is -0.272. The maximum absolute atomic E-state index is 7.08. The highest BCUT2D eigenvalue weighted by Crippen LogP contribution is 2.35. The highest BCUT2D eigenvalue weighted by atomic mass is 16.3. The first-order valence-corrected chi connectivity index (χ1v) is 20.9. The van der Waals surface area contributed by atoms with Crippen LogP contribution in [0, 0.1) is 12.3 Å². The number of benzene rings is 8. The van der Waals surface area contributed by atoms with E-state index in [2.05, 4.69) is 24.1 Å². The summed E-state index contributed by atoms with van der Waals surface area (Å²) < 4.78 is 6.19. The third-order valence-corrected chi connectivity index (χ3v) is 12.1. The van der Waals surface area contributed by atoms with E-state index in [0.717, 1.165) is 38.3 Å². The number of furan rings is 1. The predicted molar refractivity (Wildman–Crippen MR) is 291 cm³/mol. The molecule has 282 valence electrons. The summed E-state index contributed by atoms with van der Waals surface area (Å²) in [7, 11) is 76.6. The molecule has 0 saturated heterocycles. The fourth-order valence-corrected chi connectivity index (χ4v) is 8.85. The second-order valence-electron chi connectivity index (χ2n) is 16.0. The van der Waals surface area contributed by atoms with Crippen LogP contribution in [0.4, 0.5) is 11.4 Å². The zero-order chi connectivity index (χ0) is 46.6. The molecule has 0 aliphatic rings. The van der Waals surface area contributed by atoms with E-state index in [4.69, 9.17) is 97.1 Å². The monoisotopic (exact) mass is 813 g/mol. The van der Waals surface area contributed by atoms with Crippen molar-refractivity contribution in [3.63, 3.8) is 0 Å². The highest BCUT2D eigenvalue weighted by molar-refractivity contribution is 6.65. The lowest BCUT2D eigenvalue weighted by atomic mass is 9.62. The summed E-state index contributed by atoms with van der Waals surface area (Å²) >= 11 is 0. The van der Waals surface area contributed by atoms with E-state index < -0.39 is 0 Å². The molecule has 9 rings (SSSR count). The SMILES string of the molecule is [B]/C(CN(c1c([B])c([B])c(-c2ccccc2)c([B])c1[B])c1c([B])c([B])c(-c2ccc3c(c2)oc2ccccc23)c([B])c1[B])=C([B])/C(=C(/[B])C#C)c1cccc(-c2cccc3ccccc23)c1. The third-order valence-electron chi connectivity index (χ3n) is 12.1. The number of fused-ring (bicyclic) bond motifs is 4. The second-order valence-corrected chi connectivity index (χ2v) is 16.0. The average Bonchev–Trinajstić information content (AvgIpc) is 3.71. The number of hydrogen-bond donors (Lipinski definition) is 0. The van der Waals surface area contributed by atoms with Gasteiger partial charge < -0.3 is 9.32 Å². The van der Waals surface area contributed by atoms with Crippen LogP contribution >= 0.6 is 0 Å². The van der Waals surface area contributed by atoms with Crippen LogP contribution in [0.25, 0.3) is 71.7 Å². The molecule has 0 aliphatic heterocycles. The van der Waals surface area contributed by atoms with Crippen LogP contribution in [0.15, 0.2) is 160 Å². The molecule has 22 radical (unpaired) electrons. The van der Waals surface area contributed by atoms with E-state index in [-0.39, 0.29) is 78.0 Å². The summed E-state index contributed by atoms with van der Waals surface area (Å²) in [6.07, 6.45) is 5.99. The van der Waals surface area contributed by atoms with Crippen LogP contribution in [0.3, 0.4) is 0 Å². The molecule has 0 spiro atoms. The van der Waals surface area contributed by atoms with Gasteiger partial charge in [0.05, 0.1) is 0 Å². The number of hydrogen-bond acceptors (Lipinski definition) is 2. The first-order valence-electron chi connectivity index (χ1n) is 20.9. The van der Waals surface area contributed by atoms with Crippen molar-refractivity contribution in [3.05, 3.63) is 162 Å². The summed E-state index contributed by atoms with van der Waals surface area (Å²) in [6, 6.07) is 44.6. The number of anilines is 2. The molecule has 0 aliphatic carbocycles. The summed E-state index contributed by atoms with van der Waals surface area (Å²) in [4.78, 5) is 1.56. The van der Waals surface area contributed by atoms with E-state index in [1.807, 2.05) is 121 Å². The number of para-hydroxylation sites is 1. The minimum atomic E-state index is -0.272. The quantitative estimate of drug-likeness (QED) is 0.127. The Morgan fingerprint density at radius 1 is 0.485 bits per heavy atom. The van der Waals surface area contributed by atoms with Crippen LogP contribution in [-0.4, -0.2) is 92.9 Å². The molecule has 8 aromatic carbocycles. The smallest absolute Gasteiger partial charge is 0.136 e. The Bertz CT molecular complexity index is 3490. The maximum Gasteiger partial charge on any atom is 0.136 e. The Kier molecular flexibility index (Phi) is 12.1. The van der Waals surface area contributed by atoms with Gasteiger partial charge in [0.1, 0.15) is 97.5 Å². The minimum absolute atomic E-state index is 0.0255. The predicted octanol–water partition coefficient (Wildman–Crippen LogP) is 2.99. The van der Waals surface area contributed by atoms with Gasteiger partial charge in [-0.25, -0.2) is 0 Å². The lowest BCUT2D eigenvalue weighted by Crippen LogP contribution is -2.52. The number of terminal acetylenes is 1.